The molecule has 1 atom stereocenters. The summed E-state index contributed by atoms with van der Waals surface area (Å²) >= 11 is 0. The highest BCUT2D eigenvalue weighted by molar-refractivity contribution is 5.98. The number of nitrogens with one attached hydrogen (secondary N) is 2. The Bertz CT molecular complexity index is 924. The normalized spacial score (nSPS) is 15.1. The van der Waals surface area contributed by atoms with Gasteiger partial charge in [-0.25, -0.2) is 0 Å². The fourth-order valence-corrected chi connectivity index (χ4v) is 4.02. The molecule has 1 fully saturated rings. The van der Waals surface area contributed by atoms with Crippen molar-refractivity contribution in [3.63, 3.8) is 0 Å². The topological polar surface area (TPSA) is 87.7 Å². The van der Waals surface area contributed by atoms with Gasteiger partial charge in [0.2, 0.25) is 5.91 Å². The Hall–Kier alpha value is -3.19. The van der Waals surface area contributed by atoms with E-state index in [-0.39, 0.29) is 23.6 Å². The van der Waals surface area contributed by atoms with Crippen LogP contribution in [-0.4, -0.2) is 62.0 Å². The number of aryl methyl sites for hydroxylation is 1. The average molecular weight is 438 g/mol. The van der Waals surface area contributed by atoms with Gasteiger partial charge in [0.1, 0.15) is 6.04 Å². The van der Waals surface area contributed by atoms with Crippen LogP contribution in [0.1, 0.15) is 39.1 Å². The summed E-state index contributed by atoms with van der Waals surface area (Å²) in [7, 11) is 1.57. The number of likely N-dealkylation sites (tertiary alicyclic amines) is 1. The van der Waals surface area contributed by atoms with E-state index in [0.717, 1.165) is 5.56 Å². The molecule has 0 saturated carbocycles. The summed E-state index contributed by atoms with van der Waals surface area (Å²) in [6.45, 7) is 3.79. The number of carbonyl (C=O) groups is 3. The Labute approximate surface area is 189 Å². The molecule has 2 aromatic carbocycles. The van der Waals surface area contributed by atoms with Crippen molar-refractivity contribution >= 4 is 17.7 Å². The van der Waals surface area contributed by atoms with Gasteiger partial charge in [-0.15, -0.1) is 0 Å². The number of hydrogen-bond donors (Lipinski definition) is 2. The lowest BCUT2D eigenvalue weighted by atomic mass is 9.88. The van der Waals surface area contributed by atoms with Crippen molar-refractivity contribution in [1.82, 2.24) is 15.5 Å². The van der Waals surface area contributed by atoms with Crippen molar-refractivity contribution in [2.45, 2.75) is 25.8 Å². The van der Waals surface area contributed by atoms with Gasteiger partial charge in [-0.3, -0.25) is 14.4 Å². The van der Waals surface area contributed by atoms with Gasteiger partial charge in [0.15, 0.2) is 0 Å². The third kappa shape index (κ3) is 5.95. The molecule has 0 aliphatic carbocycles. The molecular weight excluding hydrogens is 406 g/mol. The number of nitrogens with zero attached hydrogens (tertiary/aromatic N) is 1. The van der Waals surface area contributed by atoms with E-state index in [4.69, 9.17) is 4.74 Å². The van der Waals surface area contributed by atoms with E-state index in [2.05, 4.69) is 10.6 Å². The van der Waals surface area contributed by atoms with Crippen LogP contribution in [-0.2, 0) is 9.53 Å². The molecule has 3 rings (SSSR count). The summed E-state index contributed by atoms with van der Waals surface area (Å²) in [6.07, 6.45) is 1.27. The van der Waals surface area contributed by atoms with Crippen molar-refractivity contribution in [3.8, 4) is 0 Å². The number of rotatable bonds is 8. The number of piperidine rings is 1. The summed E-state index contributed by atoms with van der Waals surface area (Å²) in [5.74, 6) is -0.562. The molecule has 170 valence electrons. The van der Waals surface area contributed by atoms with Crippen LogP contribution in [0.25, 0.3) is 0 Å². The average Bonchev–Trinajstić information content (AvgIpc) is 2.83. The number of benzene rings is 2. The Morgan fingerprint density at radius 2 is 1.69 bits per heavy atom. The predicted octanol–water partition coefficient (Wildman–Crippen LogP) is 2.41. The molecule has 7 heteroatoms. The minimum atomic E-state index is -0.671. The molecule has 0 spiro atoms. The van der Waals surface area contributed by atoms with E-state index in [9.17, 15) is 14.4 Å². The van der Waals surface area contributed by atoms with E-state index in [1.165, 1.54) is 0 Å². The second-order valence-electron chi connectivity index (χ2n) is 8.05. The molecular formula is C25H31N3O4. The molecule has 2 N–H and O–H groups in total. The van der Waals surface area contributed by atoms with Crippen LogP contribution < -0.4 is 10.6 Å². The first kappa shape index (κ1) is 23.5. The number of methoxy groups -OCH3 is 1. The van der Waals surface area contributed by atoms with Crippen molar-refractivity contribution in [2.75, 3.05) is 33.4 Å². The standard InChI is InChI=1S/C25H31N3O4/c1-18-8-6-7-11-21(18)25(31)28-15-12-19(13-16-28)22(24(30)26-14-17-32-2)27-23(29)20-9-4-3-5-10-20/h3-11,19,22H,12-17H2,1-2H3,(H,26,30)(H,27,29). The monoisotopic (exact) mass is 437 g/mol. The highest BCUT2D eigenvalue weighted by atomic mass is 16.5. The molecule has 1 heterocycles. The molecule has 3 amide bonds. The van der Waals surface area contributed by atoms with Gasteiger partial charge in [-0.2, -0.15) is 0 Å². The highest BCUT2D eigenvalue weighted by Gasteiger charge is 2.34. The predicted molar refractivity (Wildman–Crippen MR) is 122 cm³/mol. The first-order chi connectivity index (χ1) is 15.5. The molecule has 0 aromatic heterocycles. The first-order valence-electron chi connectivity index (χ1n) is 11.0. The lowest BCUT2D eigenvalue weighted by Gasteiger charge is -2.36. The summed E-state index contributed by atoms with van der Waals surface area (Å²) in [5, 5.41) is 5.77. The summed E-state index contributed by atoms with van der Waals surface area (Å²) in [5.41, 5.74) is 2.16. The lowest BCUT2D eigenvalue weighted by molar-refractivity contribution is -0.124. The molecule has 1 unspecified atom stereocenters. The van der Waals surface area contributed by atoms with Gasteiger partial charge < -0.3 is 20.3 Å². The molecule has 0 bridgehead atoms. The molecule has 7 nitrogen and oxygen atoms in total. The quantitative estimate of drug-likeness (QED) is 0.621. The zero-order valence-electron chi connectivity index (χ0n) is 18.7. The summed E-state index contributed by atoms with van der Waals surface area (Å²) in [6, 6.07) is 15.7. The Morgan fingerprint density at radius 3 is 2.34 bits per heavy atom. The molecule has 32 heavy (non-hydrogen) atoms. The van der Waals surface area contributed by atoms with Crippen molar-refractivity contribution in [1.29, 1.82) is 0 Å². The molecule has 1 aliphatic rings. The number of ether oxygens (including phenoxy) is 1. The molecule has 1 saturated heterocycles. The Balaban J connectivity index is 1.67. The smallest absolute Gasteiger partial charge is 0.254 e. The zero-order chi connectivity index (χ0) is 22.9. The van der Waals surface area contributed by atoms with Crippen LogP contribution in [0.5, 0.6) is 0 Å². The summed E-state index contributed by atoms with van der Waals surface area (Å²) in [4.78, 5) is 40.4. The van der Waals surface area contributed by atoms with E-state index >= 15 is 0 Å². The molecule has 2 aromatic rings. The largest absolute Gasteiger partial charge is 0.383 e. The molecule has 0 radical (unpaired) electrons. The second kappa shape index (κ2) is 11.4. The van der Waals surface area contributed by atoms with Crippen LogP contribution in [0, 0.1) is 12.8 Å². The third-order valence-corrected chi connectivity index (χ3v) is 5.88. The minimum Gasteiger partial charge on any atom is -0.383 e. The number of hydrogen-bond acceptors (Lipinski definition) is 4. The third-order valence-electron chi connectivity index (χ3n) is 5.88. The fraction of sp³-hybridized carbons (Fsp3) is 0.400. The Kier molecular flexibility index (Phi) is 8.39. The van der Waals surface area contributed by atoms with Crippen molar-refractivity contribution in [2.24, 2.45) is 5.92 Å². The van der Waals surface area contributed by atoms with E-state index in [0.29, 0.717) is 50.2 Å². The van der Waals surface area contributed by atoms with Gasteiger partial charge in [0.05, 0.1) is 6.61 Å². The highest BCUT2D eigenvalue weighted by Crippen LogP contribution is 2.23. The zero-order valence-corrected chi connectivity index (χ0v) is 18.7. The summed E-state index contributed by atoms with van der Waals surface area (Å²) < 4.78 is 5.01. The van der Waals surface area contributed by atoms with Crippen LogP contribution in [0.3, 0.4) is 0 Å². The first-order valence-corrected chi connectivity index (χ1v) is 11.0. The van der Waals surface area contributed by atoms with Crippen LogP contribution >= 0.6 is 0 Å². The SMILES string of the molecule is COCCNC(=O)C(NC(=O)c1ccccc1)C1CCN(C(=O)c2ccccc2C)CC1. The number of carbonyl (C=O) groups excluding carboxylic acids is 3. The van der Waals surface area contributed by atoms with E-state index in [1.807, 2.05) is 42.2 Å². The van der Waals surface area contributed by atoms with Gasteiger partial charge in [0, 0.05) is 37.9 Å². The maximum absolute atomic E-state index is 12.9. The second-order valence-corrected chi connectivity index (χ2v) is 8.05. The van der Waals surface area contributed by atoms with E-state index < -0.39 is 6.04 Å². The number of amides is 3. The van der Waals surface area contributed by atoms with Gasteiger partial charge >= 0.3 is 0 Å². The van der Waals surface area contributed by atoms with Gasteiger partial charge in [-0.05, 0) is 49.4 Å². The lowest BCUT2D eigenvalue weighted by Crippen LogP contribution is -2.54. The van der Waals surface area contributed by atoms with Crippen molar-refractivity contribution in [3.05, 3.63) is 71.3 Å². The van der Waals surface area contributed by atoms with Crippen LogP contribution in [0.4, 0.5) is 0 Å². The Morgan fingerprint density at radius 1 is 1.03 bits per heavy atom. The van der Waals surface area contributed by atoms with Gasteiger partial charge in [-0.1, -0.05) is 36.4 Å². The minimum absolute atomic E-state index is 0.0102. The maximum Gasteiger partial charge on any atom is 0.254 e. The van der Waals surface area contributed by atoms with Gasteiger partial charge in [0.25, 0.3) is 11.8 Å². The van der Waals surface area contributed by atoms with Crippen LogP contribution in [0.2, 0.25) is 0 Å². The van der Waals surface area contributed by atoms with E-state index in [1.54, 1.807) is 31.4 Å². The maximum atomic E-state index is 12.9. The van der Waals surface area contributed by atoms with Crippen LogP contribution in [0.15, 0.2) is 54.6 Å². The molecule has 1 aliphatic heterocycles. The van der Waals surface area contributed by atoms with Crippen molar-refractivity contribution < 1.29 is 19.1 Å². The fourth-order valence-electron chi connectivity index (χ4n) is 4.02.